The molecule has 0 saturated heterocycles. The van der Waals surface area contributed by atoms with E-state index in [1.165, 1.54) is 0 Å². The van der Waals surface area contributed by atoms with E-state index in [0.717, 1.165) is 34.4 Å². The monoisotopic (exact) mass is 447 g/mol. The second-order valence-electron chi connectivity index (χ2n) is 5.62. The van der Waals surface area contributed by atoms with Crippen molar-refractivity contribution in [3.8, 4) is 23.8 Å². The molecule has 0 fully saturated rings. The zero-order chi connectivity index (χ0) is 19.5. The average Bonchev–Trinajstić information content (AvgIpc) is 2.68. The maximum absolute atomic E-state index is 5.86. The second-order valence-corrected chi connectivity index (χ2v) is 6.95. The zero-order valence-corrected chi connectivity index (χ0v) is 17.5. The Morgan fingerprint density at radius 3 is 2.89 bits per heavy atom. The lowest BCUT2D eigenvalue weighted by Crippen LogP contribution is -2.30. The summed E-state index contributed by atoms with van der Waals surface area (Å²) in [5.41, 5.74) is 1.05. The number of pyridine rings is 1. The average molecular weight is 448 g/mol. The van der Waals surface area contributed by atoms with Crippen LogP contribution in [0.15, 0.2) is 41.0 Å². The Hall–Kier alpha value is -2.30. The van der Waals surface area contributed by atoms with Gasteiger partial charge >= 0.3 is 0 Å². The molecule has 142 valence electrons. The third-order valence-electron chi connectivity index (χ3n) is 3.64. The number of nitrogens with zero attached hydrogens (tertiary/aromatic N) is 1. The first-order valence-electron chi connectivity index (χ1n) is 8.52. The molecule has 1 aromatic carbocycles. The first-order valence-corrected chi connectivity index (χ1v) is 9.72. The zero-order valence-electron chi connectivity index (χ0n) is 15.1. The highest BCUT2D eigenvalue weighted by Crippen LogP contribution is 2.25. The topological polar surface area (TPSA) is 55.4 Å². The van der Waals surface area contributed by atoms with Gasteiger partial charge in [0, 0.05) is 23.6 Å². The molecule has 0 bridgehead atoms. The molecule has 1 aromatic heterocycles. The van der Waals surface area contributed by atoms with Gasteiger partial charge in [-0.2, -0.15) is 0 Å². The molecule has 7 heteroatoms. The number of thiocarbonyl (C=S) groups is 1. The molecule has 0 aliphatic heterocycles. The minimum Gasteiger partial charge on any atom is -0.497 e. The van der Waals surface area contributed by atoms with E-state index in [0.29, 0.717) is 30.5 Å². The van der Waals surface area contributed by atoms with Crippen LogP contribution in [0.5, 0.6) is 11.5 Å². The molecule has 0 radical (unpaired) electrons. The van der Waals surface area contributed by atoms with Crippen LogP contribution in [0.2, 0.25) is 0 Å². The van der Waals surface area contributed by atoms with E-state index in [1.807, 2.05) is 30.3 Å². The maximum atomic E-state index is 5.86. The summed E-state index contributed by atoms with van der Waals surface area (Å²) in [6.45, 7) is 1.24. The van der Waals surface area contributed by atoms with E-state index in [9.17, 15) is 0 Å². The molecule has 0 atom stereocenters. The van der Waals surface area contributed by atoms with E-state index in [1.54, 1.807) is 13.3 Å². The van der Waals surface area contributed by atoms with Crippen LogP contribution in [0.1, 0.15) is 18.4 Å². The van der Waals surface area contributed by atoms with Crippen molar-refractivity contribution < 1.29 is 9.47 Å². The molecule has 5 nitrogen and oxygen atoms in total. The molecule has 0 spiro atoms. The normalized spacial score (nSPS) is 9.96. The number of benzene rings is 1. The van der Waals surface area contributed by atoms with Gasteiger partial charge < -0.3 is 20.1 Å². The number of ether oxygens (including phenoxy) is 2. The van der Waals surface area contributed by atoms with Crippen LogP contribution in [-0.2, 0) is 6.42 Å². The van der Waals surface area contributed by atoms with Gasteiger partial charge in [0.1, 0.15) is 17.3 Å². The van der Waals surface area contributed by atoms with Crippen molar-refractivity contribution in [2.24, 2.45) is 0 Å². The molecule has 0 amide bonds. The summed E-state index contributed by atoms with van der Waals surface area (Å²) in [6.07, 6.45) is 9.26. The highest BCUT2D eigenvalue weighted by atomic mass is 79.9. The lowest BCUT2D eigenvalue weighted by atomic mass is 10.1. The third kappa shape index (κ3) is 7.45. The summed E-state index contributed by atoms with van der Waals surface area (Å²) in [5, 5.41) is 6.75. The Balaban J connectivity index is 1.88. The van der Waals surface area contributed by atoms with Crippen molar-refractivity contribution in [1.82, 2.24) is 10.3 Å². The summed E-state index contributed by atoms with van der Waals surface area (Å²) < 4.78 is 12.1. The van der Waals surface area contributed by atoms with Gasteiger partial charge in [0.25, 0.3) is 0 Å². The van der Waals surface area contributed by atoms with Gasteiger partial charge in [-0.05, 0) is 76.9 Å². The molecule has 2 aromatic rings. The van der Waals surface area contributed by atoms with Gasteiger partial charge in [-0.1, -0.05) is 0 Å². The Morgan fingerprint density at radius 1 is 1.33 bits per heavy atom. The Labute approximate surface area is 174 Å². The van der Waals surface area contributed by atoms with Gasteiger partial charge in [-0.25, -0.2) is 4.98 Å². The number of methoxy groups -OCH3 is 1. The van der Waals surface area contributed by atoms with Crippen LogP contribution in [0.4, 0.5) is 5.82 Å². The summed E-state index contributed by atoms with van der Waals surface area (Å²) in [6, 6.07) is 9.54. The summed E-state index contributed by atoms with van der Waals surface area (Å²) in [5.74, 6) is 4.94. The molecule has 2 rings (SSSR count). The highest BCUT2D eigenvalue weighted by molar-refractivity contribution is 9.10. The van der Waals surface area contributed by atoms with Crippen molar-refractivity contribution in [3.05, 3.63) is 46.6 Å². The van der Waals surface area contributed by atoms with Crippen molar-refractivity contribution >= 4 is 39.1 Å². The smallest absolute Gasteiger partial charge is 0.171 e. The van der Waals surface area contributed by atoms with Gasteiger partial charge in [-0.15, -0.1) is 12.3 Å². The highest BCUT2D eigenvalue weighted by Gasteiger charge is 2.07. The molecule has 0 aliphatic carbocycles. The summed E-state index contributed by atoms with van der Waals surface area (Å²) in [4.78, 5) is 4.23. The van der Waals surface area contributed by atoms with E-state index >= 15 is 0 Å². The van der Waals surface area contributed by atoms with Crippen molar-refractivity contribution in [2.75, 3.05) is 25.6 Å². The first kappa shape index (κ1) is 21.0. The van der Waals surface area contributed by atoms with E-state index < -0.39 is 0 Å². The van der Waals surface area contributed by atoms with Gasteiger partial charge in [-0.3, -0.25) is 0 Å². The number of rotatable bonds is 9. The minimum atomic E-state index is 0.518. The number of hydrogen-bond acceptors (Lipinski definition) is 4. The molecular weight excluding hydrogens is 426 g/mol. The van der Waals surface area contributed by atoms with Crippen molar-refractivity contribution in [2.45, 2.75) is 19.3 Å². The number of hydrogen-bond donors (Lipinski definition) is 2. The number of anilines is 1. The molecule has 1 heterocycles. The number of aromatic nitrogens is 1. The molecule has 0 aliphatic rings. The molecule has 2 N–H and O–H groups in total. The van der Waals surface area contributed by atoms with Crippen LogP contribution in [0.3, 0.4) is 0 Å². The SMILES string of the molecule is C#CCCCOc1ccc(OC)cc1CCNC(=S)Nc1ccc(Br)cn1. The van der Waals surface area contributed by atoms with Crippen LogP contribution in [0, 0.1) is 12.3 Å². The fourth-order valence-electron chi connectivity index (χ4n) is 2.30. The second kappa shape index (κ2) is 11.4. The van der Waals surface area contributed by atoms with E-state index in [-0.39, 0.29) is 0 Å². The summed E-state index contributed by atoms with van der Waals surface area (Å²) in [7, 11) is 1.65. The van der Waals surface area contributed by atoms with Crippen LogP contribution in [0.25, 0.3) is 0 Å². The number of halogens is 1. The standard InChI is InChI=1S/C20H22BrN3O2S/c1-3-4-5-12-26-18-8-7-17(25-2)13-15(18)10-11-22-20(27)24-19-9-6-16(21)14-23-19/h1,6-9,13-14H,4-5,10-12H2,2H3,(H2,22,23,24,27). The lowest BCUT2D eigenvalue weighted by Gasteiger charge is -2.14. The van der Waals surface area contributed by atoms with Gasteiger partial charge in [0.15, 0.2) is 5.11 Å². The Morgan fingerprint density at radius 2 is 2.19 bits per heavy atom. The molecule has 27 heavy (non-hydrogen) atoms. The summed E-state index contributed by atoms with van der Waals surface area (Å²) >= 11 is 8.67. The fraction of sp³-hybridized carbons (Fsp3) is 0.300. The minimum absolute atomic E-state index is 0.518. The lowest BCUT2D eigenvalue weighted by molar-refractivity contribution is 0.309. The van der Waals surface area contributed by atoms with Crippen LogP contribution < -0.4 is 20.1 Å². The quantitative estimate of drug-likeness (QED) is 0.341. The first-order chi connectivity index (χ1) is 13.1. The predicted octanol–water partition coefficient (Wildman–Crippen LogP) is 4.17. The van der Waals surface area contributed by atoms with Gasteiger partial charge in [0.05, 0.1) is 13.7 Å². The van der Waals surface area contributed by atoms with E-state index in [2.05, 4.69) is 37.5 Å². The predicted molar refractivity (Wildman–Crippen MR) is 116 cm³/mol. The number of nitrogens with one attached hydrogen (secondary N) is 2. The molecule has 0 saturated carbocycles. The Bertz CT molecular complexity index is 791. The maximum Gasteiger partial charge on any atom is 0.171 e. The molecule has 0 unspecified atom stereocenters. The number of unbranched alkanes of at least 4 members (excludes halogenated alkanes) is 1. The fourth-order valence-corrected chi connectivity index (χ4v) is 2.74. The van der Waals surface area contributed by atoms with Crippen LogP contribution >= 0.6 is 28.1 Å². The third-order valence-corrected chi connectivity index (χ3v) is 4.36. The largest absolute Gasteiger partial charge is 0.497 e. The Kier molecular flexibility index (Phi) is 8.89. The van der Waals surface area contributed by atoms with E-state index in [4.69, 9.17) is 28.1 Å². The van der Waals surface area contributed by atoms with Gasteiger partial charge in [0.2, 0.25) is 0 Å². The van der Waals surface area contributed by atoms with Crippen LogP contribution in [-0.4, -0.2) is 30.4 Å². The number of terminal acetylenes is 1. The molecular formula is C20H22BrN3O2S. The van der Waals surface area contributed by atoms with Crippen molar-refractivity contribution in [3.63, 3.8) is 0 Å². The van der Waals surface area contributed by atoms with Crippen molar-refractivity contribution in [1.29, 1.82) is 0 Å².